The van der Waals surface area contributed by atoms with E-state index in [9.17, 15) is 4.79 Å². The van der Waals surface area contributed by atoms with Crippen molar-refractivity contribution in [1.82, 2.24) is 9.47 Å². The van der Waals surface area contributed by atoms with Crippen molar-refractivity contribution in [2.24, 2.45) is 10.8 Å². The summed E-state index contributed by atoms with van der Waals surface area (Å²) in [6, 6.07) is 12.8. The molecule has 1 amide bonds. The number of rotatable bonds is 3. The number of carbonyl (C=O) groups is 1. The lowest BCUT2D eigenvalue weighted by atomic mass is 9.65. The van der Waals surface area contributed by atoms with Crippen LogP contribution in [0, 0.1) is 17.8 Å². The SMILES string of the molecule is Cc1cccc(Cn2c(C(=O)N3CC4(C)CC3CC(C)(C)C4)cc3ccoc32)c1. The highest BCUT2D eigenvalue weighted by atomic mass is 16.3. The van der Waals surface area contributed by atoms with Gasteiger partial charge in [-0.05, 0) is 54.7 Å². The van der Waals surface area contributed by atoms with Crippen molar-refractivity contribution < 1.29 is 9.21 Å². The summed E-state index contributed by atoms with van der Waals surface area (Å²) in [4.78, 5) is 15.9. The number of nitrogens with zero attached hydrogens (tertiary/aromatic N) is 2. The summed E-state index contributed by atoms with van der Waals surface area (Å²) in [5, 5.41) is 0.995. The Morgan fingerprint density at radius 1 is 1.17 bits per heavy atom. The van der Waals surface area contributed by atoms with Crippen molar-refractivity contribution in [2.75, 3.05) is 6.54 Å². The summed E-state index contributed by atoms with van der Waals surface area (Å²) < 4.78 is 7.83. The van der Waals surface area contributed by atoms with Crippen molar-refractivity contribution in [2.45, 2.75) is 59.5 Å². The van der Waals surface area contributed by atoms with E-state index in [-0.39, 0.29) is 11.3 Å². The first-order valence-corrected chi connectivity index (χ1v) is 10.7. The number of benzene rings is 1. The first-order valence-electron chi connectivity index (χ1n) is 10.7. The van der Waals surface area contributed by atoms with Gasteiger partial charge in [-0.3, -0.25) is 4.79 Å². The molecular formula is C25H30N2O2. The van der Waals surface area contributed by atoms with Gasteiger partial charge in [-0.15, -0.1) is 0 Å². The summed E-state index contributed by atoms with van der Waals surface area (Å²) in [6.45, 7) is 10.6. The number of furan rings is 1. The van der Waals surface area contributed by atoms with Gasteiger partial charge in [-0.25, -0.2) is 0 Å². The molecule has 1 aliphatic carbocycles. The predicted octanol–water partition coefficient (Wildman–Crippen LogP) is 5.63. The maximum Gasteiger partial charge on any atom is 0.270 e. The van der Waals surface area contributed by atoms with Gasteiger partial charge in [0.2, 0.25) is 5.71 Å². The second kappa shape index (κ2) is 6.25. The van der Waals surface area contributed by atoms with E-state index in [1.807, 2.05) is 12.1 Å². The molecule has 152 valence electrons. The molecule has 1 aliphatic heterocycles. The van der Waals surface area contributed by atoms with Crippen LogP contribution in [-0.4, -0.2) is 28.0 Å². The Bertz CT molecular complexity index is 1090. The average molecular weight is 391 g/mol. The molecule has 1 saturated heterocycles. The molecule has 4 nitrogen and oxygen atoms in total. The minimum Gasteiger partial charge on any atom is -0.448 e. The maximum absolute atomic E-state index is 13.8. The molecule has 0 radical (unpaired) electrons. The molecular weight excluding hydrogens is 360 g/mol. The normalized spacial score (nSPS) is 25.7. The van der Waals surface area contributed by atoms with Gasteiger partial charge in [-0.1, -0.05) is 50.6 Å². The Hall–Kier alpha value is -2.49. The fourth-order valence-electron chi connectivity index (χ4n) is 6.15. The minimum atomic E-state index is 0.149. The molecule has 2 unspecified atom stereocenters. The van der Waals surface area contributed by atoms with Crippen LogP contribution in [0.25, 0.3) is 11.1 Å². The Morgan fingerprint density at radius 2 is 2.00 bits per heavy atom. The predicted molar refractivity (Wildman–Crippen MR) is 115 cm³/mol. The summed E-state index contributed by atoms with van der Waals surface area (Å²) in [6.07, 6.45) is 5.10. The van der Waals surface area contributed by atoms with Crippen molar-refractivity contribution in [1.29, 1.82) is 0 Å². The van der Waals surface area contributed by atoms with Gasteiger partial charge >= 0.3 is 0 Å². The van der Waals surface area contributed by atoms with Crippen LogP contribution in [0.2, 0.25) is 0 Å². The van der Waals surface area contributed by atoms with Crippen LogP contribution in [0.4, 0.5) is 0 Å². The van der Waals surface area contributed by atoms with Crippen molar-refractivity contribution >= 4 is 17.0 Å². The summed E-state index contributed by atoms with van der Waals surface area (Å²) in [5.74, 6) is 0.149. The van der Waals surface area contributed by atoms with E-state index >= 15 is 0 Å². The summed E-state index contributed by atoms with van der Waals surface area (Å²) >= 11 is 0. The van der Waals surface area contributed by atoms with Crippen LogP contribution >= 0.6 is 0 Å². The third-order valence-corrected chi connectivity index (χ3v) is 6.82. The number of hydrogen-bond acceptors (Lipinski definition) is 2. The van der Waals surface area contributed by atoms with Crippen LogP contribution < -0.4 is 0 Å². The number of aryl methyl sites for hydroxylation is 1. The monoisotopic (exact) mass is 390 g/mol. The average Bonchev–Trinajstić information content (AvgIpc) is 3.26. The zero-order chi connectivity index (χ0) is 20.4. The molecule has 4 heteroatoms. The van der Waals surface area contributed by atoms with Gasteiger partial charge in [0.15, 0.2) is 0 Å². The molecule has 3 aromatic rings. The molecule has 0 N–H and O–H groups in total. The molecule has 0 spiro atoms. The quantitative estimate of drug-likeness (QED) is 0.581. The molecule has 2 aromatic heterocycles. The zero-order valence-electron chi connectivity index (χ0n) is 17.9. The molecule has 1 saturated carbocycles. The van der Waals surface area contributed by atoms with Gasteiger partial charge in [0, 0.05) is 18.0 Å². The van der Waals surface area contributed by atoms with Crippen LogP contribution in [0.5, 0.6) is 0 Å². The zero-order valence-corrected chi connectivity index (χ0v) is 17.9. The largest absolute Gasteiger partial charge is 0.448 e. The molecule has 2 fully saturated rings. The molecule has 3 heterocycles. The number of carbonyl (C=O) groups excluding carboxylic acids is 1. The Balaban J connectivity index is 1.52. The highest BCUT2D eigenvalue weighted by Crippen LogP contribution is 2.52. The molecule has 2 aliphatic rings. The third kappa shape index (κ3) is 3.19. The number of aromatic nitrogens is 1. The van der Waals surface area contributed by atoms with E-state index in [2.05, 4.69) is 61.4 Å². The second-order valence-corrected chi connectivity index (χ2v) is 10.4. The van der Waals surface area contributed by atoms with Crippen LogP contribution in [0.15, 0.2) is 47.1 Å². The maximum atomic E-state index is 13.8. The van der Waals surface area contributed by atoms with Gasteiger partial charge in [0.05, 0.1) is 12.8 Å². The van der Waals surface area contributed by atoms with Crippen LogP contribution in [0.3, 0.4) is 0 Å². The number of fused-ring (bicyclic) bond motifs is 3. The molecule has 1 aromatic carbocycles. The van der Waals surface area contributed by atoms with Crippen LogP contribution in [-0.2, 0) is 6.54 Å². The second-order valence-electron chi connectivity index (χ2n) is 10.4. The number of likely N-dealkylation sites (tertiary alicyclic amines) is 1. The lowest BCUT2D eigenvalue weighted by molar-refractivity contribution is 0.0698. The van der Waals surface area contributed by atoms with E-state index < -0.39 is 0 Å². The molecule has 5 rings (SSSR count). The molecule has 2 atom stereocenters. The van der Waals surface area contributed by atoms with E-state index in [4.69, 9.17) is 4.42 Å². The first kappa shape index (κ1) is 18.5. The first-order chi connectivity index (χ1) is 13.7. The summed E-state index contributed by atoms with van der Waals surface area (Å²) in [7, 11) is 0. The fourth-order valence-corrected chi connectivity index (χ4v) is 6.15. The van der Waals surface area contributed by atoms with Crippen molar-refractivity contribution in [3.8, 4) is 0 Å². The van der Waals surface area contributed by atoms with Gasteiger partial charge < -0.3 is 13.9 Å². The van der Waals surface area contributed by atoms with E-state index in [1.54, 1.807) is 6.26 Å². The number of hydrogen-bond donors (Lipinski definition) is 0. The van der Waals surface area contributed by atoms with Crippen molar-refractivity contribution in [3.63, 3.8) is 0 Å². The van der Waals surface area contributed by atoms with Gasteiger partial charge in [0.1, 0.15) is 5.69 Å². The topological polar surface area (TPSA) is 38.4 Å². The van der Waals surface area contributed by atoms with E-state index in [0.717, 1.165) is 36.2 Å². The fraction of sp³-hybridized carbons (Fsp3) is 0.480. The minimum absolute atomic E-state index is 0.149. The van der Waals surface area contributed by atoms with Crippen molar-refractivity contribution in [3.05, 3.63) is 59.5 Å². The summed E-state index contributed by atoms with van der Waals surface area (Å²) in [5.41, 5.74) is 4.46. The lowest BCUT2D eigenvalue weighted by Gasteiger charge is -2.39. The third-order valence-electron chi connectivity index (χ3n) is 6.82. The number of amides is 1. The standard InChI is InChI=1S/C25H30N2O2/c1-17-6-5-7-18(10-17)14-26-21(11-19-8-9-29-23(19)26)22(28)27-16-25(4)13-20(27)12-24(2,3)15-25/h5-11,20H,12-16H2,1-4H3. The Morgan fingerprint density at radius 3 is 2.79 bits per heavy atom. The Labute approximate surface area is 172 Å². The van der Waals surface area contributed by atoms with E-state index in [1.165, 1.54) is 17.5 Å². The lowest BCUT2D eigenvalue weighted by Crippen LogP contribution is -2.38. The van der Waals surface area contributed by atoms with E-state index in [0.29, 0.717) is 18.0 Å². The highest BCUT2D eigenvalue weighted by Gasteiger charge is 2.51. The van der Waals surface area contributed by atoms with Gasteiger partial charge in [0.25, 0.3) is 5.91 Å². The van der Waals surface area contributed by atoms with Crippen LogP contribution in [0.1, 0.15) is 61.6 Å². The van der Waals surface area contributed by atoms with Gasteiger partial charge in [-0.2, -0.15) is 0 Å². The smallest absolute Gasteiger partial charge is 0.270 e. The Kier molecular flexibility index (Phi) is 4.00. The highest BCUT2D eigenvalue weighted by molar-refractivity contribution is 5.98. The molecule has 2 bridgehead atoms. The molecule has 29 heavy (non-hydrogen) atoms.